The molecule has 1 aromatic rings. The van der Waals surface area contributed by atoms with Crippen LogP contribution in [0.15, 0.2) is 17.0 Å². The Morgan fingerprint density at radius 2 is 1.85 bits per heavy atom. The molecular weight excluding hydrogens is 312 g/mol. The average Bonchev–Trinajstić information content (AvgIpc) is 1.94. The van der Waals surface area contributed by atoms with Gasteiger partial charge in [0.25, 0.3) is 0 Å². The lowest BCUT2D eigenvalue weighted by atomic mass is 10.1. The summed E-state index contributed by atoms with van der Waals surface area (Å²) < 4.78 is 37.6. The molecule has 0 nitrogen and oxygen atoms in total. The zero-order valence-corrected chi connectivity index (χ0v) is 9.67. The third-order valence-electron chi connectivity index (χ3n) is 1.57. The van der Waals surface area contributed by atoms with E-state index in [0.717, 1.165) is 6.07 Å². The van der Waals surface area contributed by atoms with Gasteiger partial charge in [0.05, 0.1) is 5.56 Å². The first-order valence-electron chi connectivity index (χ1n) is 3.38. The fourth-order valence-electron chi connectivity index (χ4n) is 0.952. The van der Waals surface area contributed by atoms with Crippen molar-refractivity contribution in [3.8, 4) is 0 Å². The summed E-state index contributed by atoms with van der Waals surface area (Å²) in [6, 6.07) is 2.76. The molecule has 0 radical (unpaired) electrons. The number of alkyl halides is 3. The highest BCUT2D eigenvalue weighted by Crippen LogP contribution is 2.36. The molecule has 13 heavy (non-hydrogen) atoms. The molecule has 0 saturated carbocycles. The zero-order valence-electron chi connectivity index (χ0n) is 6.61. The van der Waals surface area contributed by atoms with Crippen LogP contribution in [-0.2, 0) is 6.18 Å². The highest BCUT2D eigenvalue weighted by atomic mass is 127. The number of benzene rings is 1. The number of hydrogen-bond donors (Lipinski definition) is 1. The molecule has 0 aliphatic carbocycles. The van der Waals surface area contributed by atoms with Crippen LogP contribution in [0.4, 0.5) is 13.2 Å². The fraction of sp³-hybridized carbons (Fsp3) is 0.250. The van der Waals surface area contributed by atoms with E-state index in [2.05, 4.69) is 12.6 Å². The van der Waals surface area contributed by atoms with Crippen molar-refractivity contribution in [3.63, 3.8) is 0 Å². The topological polar surface area (TPSA) is 0 Å². The van der Waals surface area contributed by atoms with Crippen LogP contribution in [0.2, 0.25) is 0 Å². The van der Waals surface area contributed by atoms with Crippen LogP contribution in [0, 0.1) is 10.5 Å². The molecule has 0 saturated heterocycles. The van der Waals surface area contributed by atoms with Gasteiger partial charge in [0.2, 0.25) is 0 Å². The Labute approximate surface area is 93.1 Å². The van der Waals surface area contributed by atoms with E-state index in [4.69, 9.17) is 0 Å². The van der Waals surface area contributed by atoms with Gasteiger partial charge in [0.1, 0.15) is 0 Å². The van der Waals surface area contributed by atoms with Gasteiger partial charge in [-0.05, 0) is 47.2 Å². The van der Waals surface area contributed by atoms with Crippen LogP contribution < -0.4 is 0 Å². The predicted octanol–water partition coefficient (Wildman–Crippen LogP) is 3.91. The lowest BCUT2D eigenvalue weighted by Gasteiger charge is -2.11. The van der Waals surface area contributed by atoms with Gasteiger partial charge in [-0.15, -0.1) is 12.6 Å². The molecule has 5 heteroatoms. The summed E-state index contributed by atoms with van der Waals surface area (Å²) >= 11 is 5.68. The third-order valence-corrected chi connectivity index (χ3v) is 2.79. The molecule has 1 rings (SSSR count). The van der Waals surface area contributed by atoms with Crippen LogP contribution in [-0.4, -0.2) is 0 Å². The second-order valence-electron chi connectivity index (χ2n) is 2.62. The van der Waals surface area contributed by atoms with Crippen molar-refractivity contribution in [2.75, 3.05) is 0 Å². The number of halogens is 4. The summed E-state index contributed by atoms with van der Waals surface area (Å²) in [5.74, 6) is 0. The van der Waals surface area contributed by atoms with E-state index >= 15 is 0 Å². The van der Waals surface area contributed by atoms with Gasteiger partial charge >= 0.3 is 6.18 Å². The molecule has 0 atom stereocenters. The molecule has 1 aromatic carbocycles. The van der Waals surface area contributed by atoms with Gasteiger partial charge in [-0.25, -0.2) is 0 Å². The van der Waals surface area contributed by atoms with Gasteiger partial charge < -0.3 is 0 Å². The van der Waals surface area contributed by atoms with Crippen molar-refractivity contribution in [1.82, 2.24) is 0 Å². The van der Waals surface area contributed by atoms with Crippen molar-refractivity contribution in [3.05, 3.63) is 26.8 Å². The first-order chi connectivity index (χ1) is 5.82. The Balaban J connectivity index is 3.37. The second kappa shape index (κ2) is 3.68. The van der Waals surface area contributed by atoms with Gasteiger partial charge in [-0.1, -0.05) is 0 Å². The third kappa shape index (κ3) is 2.52. The minimum Gasteiger partial charge on any atom is -0.166 e. The molecule has 0 fully saturated rings. The minimum atomic E-state index is -4.32. The zero-order chi connectivity index (χ0) is 10.2. The SMILES string of the molecule is Cc1cc(I)cc(C(F)(F)F)c1S. The Bertz CT molecular complexity index is 333. The highest BCUT2D eigenvalue weighted by Gasteiger charge is 2.33. The summed E-state index contributed by atoms with van der Waals surface area (Å²) in [6.45, 7) is 1.61. The van der Waals surface area contributed by atoms with Crippen LogP contribution >= 0.6 is 35.2 Å². The lowest BCUT2D eigenvalue weighted by molar-refractivity contribution is -0.139. The second-order valence-corrected chi connectivity index (χ2v) is 4.31. The standard InChI is InChI=1S/C8H6F3IS/c1-4-2-5(12)3-6(7(4)13)8(9,10)11/h2-3,13H,1H3. The van der Waals surface area contributed by atoms with Crippen molar-refractivity contribution < 1.29 is 13.2 Å². The monoisotopic (exact) mass is 318 g/mol. The van der Waals surface area contributed by atoms with Gasteiger partial charge in [0, 0.05) is 8.47 Å². The van der Waals surface area contributed by atoms with Crippen molar-refractivity contribution >= 4 is 35.2 Å². The lowest BCUT2D eigenvalue weighted by Crippen LogP contribution is -2.07. The summed E-state index contributed by atoms with van der Waals surface area (Å²) in [5, 5.41) is 0. The van der Waals surface area contributed by atoms with Crippen LogP contribution in [0.25, 0.3) is 0 Å². The van der Waals surface area contributed by atoms with E-state index in [1.807, 2.05) is 22.6 Å². The Morgan fingerprint density at radius 1 is 1.31 bits per heavy atom. The predicted molar refractivity (Wildman–Crippen MR) is 56.2 cm³/mol. The molecule has 72 valence electrons. The molecule has 0 aliphatic heterocycles. The number of hydrogen-bond acceptors (Lipinski definition) is 1. The van der Waals surface area contributed by atoms with E-state index < -0.39 is 11.7 Å². The summed E-state index contributed by atoms with van der Waals surface area (Å²) in [6.07, 6.45) is -4.32. The van der Waals surface area contributed by atoms with E-state index in [-0.39, 0.29) is 4.90 Å². The Kier molecular flexibility index (Phi) is 3.16. The number of aryl methyl sites for hydroxylation is 1. The maximum Gasteiger partial charge on any atom is 0.417 e. The summed E-state index contributed by atoms with van der Waals surface area (Å²) in [7, 11) is 0. The molecule has 0 bridgehead atoms. The first kappa shape index (κ1) is 11.2. The number of thiol groups is 1. The molecule has 0 N–H and O–H groups in total. The maximum absolute atomic E-state index is 12.4. The average molecular weight is 318 g/mol. The van der Waals surface area contributed by atoms with Crippen LogP contribution in [0.3, 0.4) is 0 Å². The first-order valence-corrected chi connectivity index (χ1v) is 4.91. The van der Waals surface area contributed by atoms with Crippen molar-refractivity contribution in [2.45, 2.75) is 18.0 Å². The minimum absolute atomic E-state index is 0.00733. The van der Waals surface area contributed by atoms with E-state index in [0.29, 0.717) is 9.13 Å². The van der Waals surface area contributed by atoms with E-state index in [9.17, 15) is 13.2 Å². The van der Waals surface area contributed by atoms with Crippen molar-refractivity contribution in [2.24, 2.45) is 0 Å². The smallest absolute Gasteiger partial charge is 0.166 e. The van der Waals surface area contributed by atoms with E-state index in [1.165, 1.54) is 0 Å². The number of rotatable bonds is 0. The van der Waals surface area contributed by atoms with Crippen LogP contribution in [0.5, 0.6) is 0 Å². The Morgan fingerprint density at radius 3 is 2.31 bits per heavy atom. The molecular formula is C8H6F3IS. The molecule has 0 amide bonds. The molecule has 0 aromatic heterocycles. The normalized spacial score (nSPS) is 11.8. The Hall–Kier alpha value is 0.0900. The quantitative estimate of drug-likeness (QED) is 0.544. The summed E-state index contributed by atoms with van der Waals surface area (Å²) in [5.41, 5.74) is -0.122. The maximum atomic E-state index is 12.4. The van der Waals surface area contributed by atoms with Crippen molar-refractivity contribution in [1.29, 1.82) is 0 Å². The largest absolute Gasteiger partial charge is 0.417 e. The summed E-state index contributed by atoms with van der Waals surface area (Å²) in [4.78, 5) is 0.00733. The van der Waals surface area contributed by atoms with E-state index in [1.54, 1.807) is 13.0 Å². The highest BCUT2D eigenvalue weighted by molar-refractivity contribution is 14.1. The van der Waals surface area contributed by atoms with Gasteiger partial charge in [0.15, 0.2) is 0 Å². The molecule has 0 aliphatic rings. The fourth-order valence-corrected chi connectivity index (χ4v) is 1.99. The molecule has 0 unspecified atom stereocenters. The molecule has 0 spiro atoms. The van der Waals surface area contributed by atoms with Gasteiger partial charge in [-0.2, -0.15) is 13.2 Å². The van der Waals surface area contributed by atoms with Gasteiger partial charge in [-0.3, -0.25) is 0 Å². The van der Waals surface area contributed by atoms with Crippen LogP contribution in [0.1, 0.15) is 11.1 Å². The molecule has 0 heterocycles.